The van der Waals surface area contributed by atoms with Gasteiger partial charge in [-0.25, -0.2) is 0 Å². The molecule has 1 aromatic carbocycles. The predicted octanol–water partition coefficient (Wildman–Crippen LogP) is 2.86. The van der Waals surface area contributed by atoms with Gasteiger partial charge in [-0.15, -0.1) is 0 Å². The summed E-state index contributed by atoms with van der Waals surface area (Å²) in [6.07, 6.45) is 0. The van der Waals surface area contributed by atoms with Crippen molar-refractivity contribution in [3.8, 4) is 0 Å². The molecule has 16 heavy (non-hydrogen) atoms. The van der Waals surface area contributed by atoms with Gasteiger partial charge < -0.3 is 10.6 Å². The molecule has 2 N–H and O–H groups in total. The Kier molecular flexibility index (Phi) is 2.22. The van der Waals surface area contributed by atoms with Gasteiger partial charge in [-0.3, -0.25) is 4.79 Å². The molecule has 0 bridgehead atoms. The molecule has 0 aromatic heterocycles. The van der Waals surface area contributed by atoms with Gasteiger partial charge >= 0.3 is 0 Å². The smallest absolute Gasteiger partial charge is 0.232 e. The summed E-state index contributed by atoms with van der Waals surface area (Å²) in [5.74, 6) is 0.0509. The first-order chi connectivity index (χ1) is 7.34. The van der Waals surface area contributed by atoms with E-state index in [1.54, 1.807) is 0 Å². The second-order valence-electron chi connectivity index (χ2n) is 5.37. The van der Waals surface area contributed by atoms with Crippen molar-refractivity contribution in [3.05, 3.63) is 24.3 Å². The summed E-state index contributed by atoms with van der Waals surface area (Å²) >= 11 is 0. The van der Waals surface area contributed by atoms with E-state index in [4.69, 9.17) is 0 Å². The van der Waals surface area contributed by atoms with Crippen molar-refractivity contribution in [3.63, 3.8) is 0 Å². The first-order valence-electron chi connectivity index (χ1n) is 5.53. The molecule has 86 valence electrons. The molecule has 0 aliphatic carbocycles. The number of hydrogen-bond donors (Lipinski definition) is 2. The second-order valence-corrected chi connectivity index (χ2v) is 5.37. The Bertz CT molecular complexity index is 435. The van der Waals surface area contributed by atoms with Crippen molar-refractivity contribution in [2.24, 2.45) is 5.41 Å². The fourth-order valence-corrected chi connectivity index (χ4v) is 1.76. The highest BCUT2D eigenvalue weighted by Crippen LogP contribution is 2.39. The minimum atomic E-state index is -0.466. The molecule has 1 heterocycles. The van der Waals surface area contributed by atoms with Crippen molar-refractivity contribution in [1.82, 2.24) is 0 Å². The van der Waals surface area contributed by atoms with Crippen LogP contribution in [-0.4, -0.2) is 11.4 Å². The van der Waals surface area contributed by atoms with Crippen molar-refractivity contribution in [1.29, 1.82) is 0 Å². The maximum Gasteiger partial charge on any atom is 0.232 e. The van der Waals surface area contributed by atoms with Gasteiger partial charge in [-0.2, -0.15) is 0 Å². The van der Waals surface area contributed by atoms with Gasteiger partial charge in [0.05, 0.1) is 16.8 Å². The van der Waals surface area contributed by atoms with Crippen molar-refractivity contribution in [2.75, 3.05) is 10.6 Å². The zero-order valence-corrected chi connectivity index (χ0v) is 10.2. The van der Waals surface area contributed by atoms with Gasteiger partial charge in [-0.05, 0) is 39.8 Å². The largest absolute Gasteiger partial charge is 0.377 e. The standard InChI is InChI=1S/C13H18N2O/c1-12(2)11(16)14-9-7-5-6-8-10(9)15-13(12,3)4/h5-8,15H,1-4H3,(H,14,16). The second kappa shape index (κ2) is 3.24. The van der Waals surface area contributed by atoms with Crippen LogP contribution >= 0.6 is 0 Å². The van der Waals surface area contributed by atoms with Crippen molar-refractivity contribution in [2.45, 2.75) is 33.2 Å². The molecule has 1 aliphatic heterocycles. The fourth-order valence-electron chi connectivity index (χ4n) is 1.76. The molecule has 0 unspecified atom stereocenters. The molecular formula is C13H18N2O. The lowest BCUT2D eigenvalue weighted by atomic mass is 9.74. The van der Waals surface area contributed by atoms with Crippen LogP contribution in [0.3, 0.4) is 0 Å². The van der Waals surface area contributed by atoms with E-state index in [0.717, 1.165) is 11.4 Å². The normalized spacial score (nSPS) is 21.4. The highest BCUT2D eigenvalue weighted by Gasteiger charge is 2.45. The molecule has 1 aliphatic rings. The SMILES string of the molecule is CC1(C)Nc2ccccc2NC(=O)C1(C)C. The van der Waals surface area contributed by atoms with E-state index in [1.165, 1.54) is 0 Å². The van der Waals surface area contributed by atoms with Crippen LogP contribution in [0, 0.1) is 5.41 Å². The van der Waals surface area contributed by atoms with E-state index >= 15 is 0 Å². The fraction of sp³-hybridized carbons (Fsp3) is 0.462. The van der Waals surface area contributed by atoms with Crippen molar-refractivity contribution >= 4 is 17.3 Å². The predicted molar refractivity (Wildman–Crippen MR) is 66.6 cm³/mol. The molecule has 0 spiro atoms. The molecule has 3 heteroatoms. The number of carbonyl (C=O) groups is 1. The summed E-state index contributed by atoms with van der Waals surface area (Å²) in [4.78, 5) is 12.2. The summed E-state index contributed by atoms with van der Waals surface area (Å²) < 4.78 is 0. The number of benzene rings is 1. The monoisotopic (exact) mass is 218 g/mol. The molecule has 0 atom stereocenters. The number of fused-ring (bicyclic) bond motifs is 1. The van der Waals surface area contributed by atoms with Crippen LogP contribution in [0.2, 0.25) is 0 Å². The summed E-state index contributed by atoms with van der Waals surface area (Å²) in [5.41, 5.74) is 1.08. The third kappa shape index (κ3) is 1.47. The first-order valence-corrected chi connectivity index (χ1v) is 5.53. The maximum atomic E-state index is 12.2. The Morgan fingerprint density at radius 2 is 1.56 bits per heavy atom. The van der Waals surface area contributed by atoms with Gasteiger partial charge in [0.2, 0.25) is 5.91 Å². The van der Waals surface area contributed by atoms with Crippen LogP contribution in [0.4, 0.5) is 11.4 Å². The average Bonchev–Trinajstić information content (AvgIpc) is 2.25. The lowest BCUT2D eigenvalue weighted by molar-refractivity contribution is -0.126. The third-order valence-electron chi connectivity index (χ3n) is 3.75. The molecule has 1 aromatic rings. The van der Waals surface area contributed by atoms with Gasteiger partial charge in [0.1, 0.15) is 0 Å². The Morgan fingerprint density at radius 1 is 1.00 bits per heavy atom. The molecule has 0 radical (unpaired) electrons. The minimum absolute atomic E-state index is 0.0509. The molecular weight excluding hydrogens is 200 g/mol. The highest BCUT2D eigenvalue weighted by atomic mass is 16.2. The Morgan fingerprint density at radius 3 is 2.19 bits per heavy atom. The van der Waals surface area contributed by atoms with Crippen LogP contribution in [0.5, 0.6) is 0 Å². The minimum Gasteiger partial charge on any atom is -0.377 e. The van der Waals surface area contributed by atoms with Crippen LogP contribution in [0.25, 0.3) is 0 Å². The summed E-state index contributed by atoms with van der Waals surface area (Å²) in [6.45, 7) is 8.02. The summed E-state index contributed by atoms with van der Waals surface area (Å²) in [7, 11) is 0. The number of nitrogens with one attached hydrogen (secondary N) is 2. The van der Waals surface area contributed by atoms with E-state index in [1.807, 2.05) is 38.1 Å². The zero-order chi connectivity index (χ0) is 12.0. The number of carbonyl (C=O) groups excluding carboxylic acids is 1. The van der Waals surface area contributed by atoms with Crippen molar-refractivity contribution < 1.29 is 4.79 Å². The molecule has 1 amide bonds. The van der Waals surface area contributed by atoms with Gasteiger partial charge in [-0.1, -0.05) is 12.1 Å². The number of hydrogen-bond acceptors (Lipinski definition) is 2. The van der Waals surface area contributed by atoms with Crippen LogP contribution < -0.4 is 10.6 Å². The summed E-state index contributed by atoms with van der Waals surface area (Å²) in [6, 6.07) is 7.79. The lowest BCUT2D eigenvalue weighted by Crippen LogP contribution is -2.50. The van der Waals surface area contributed by atoms with E-state index in [9.17, 15) is 4.79 Å². The number of amides is 1. The molecule has 0 saturated carbocycles. The van der Waals surface area contributed by atoms with E-state index in [0.29, 0.717) is 0 Å². The van der Waals surface area contributed by atoms with E-state index in [2.05, 4.69) is 24.5 Å². The van der Waals surface area contributed by atoms with E-state index in [-0.39, 0.29) is 11.4 Å². The zero-order valence-electron chi connectivity index (χ0n) is 10.2. The molecule has 2 rings (SSSR count). The Labute approximate surface area is 96.2 Å². The Hall–Kier alpha value is -1.51. The van der Waals surface area contributed by atoms with Crippen LogP contribution in [0.15, 0.2) is 24.3 Å². The Balaban J connectivity index is 2.53. The van der Waals surface area contributed by atoms with Gasteiger partial charge in [0.25, 0.3) is 0 Å². The van der Waals surface area contributed by atoms with Gasteiger partial charge in [0.15, 0.2) is 0 Å². The number of para-hydroxylation sites is 2. The quantitative estimate of drug-likeness (QED) is 0.703. The number of anilines is 2. The molecule has 3 nitrogen and oxygen atoms in total. The molecule has 0 saturated heterocycles. The third-order valence-corrected chi connectivity index (χ3v) is 3.75. The highest BCUT2D eigenvalue weighted by molar-refractivity contribution is 6.00. The van der Waals surface area contributed by atoms with Crippen LogP contribution in [0.1, 0.15) is 27.7 Å². The van der Waals surface area contributed by atoms with Crippen LogP contribution in [-0.2, 0) is 4.79 Å². The lowest BCUT2D eigenvalue weighted by Gasteiger charge is -2.39. The first kappa shape index (κ1) is 11.0. The number of rotatable bonds is 0. The van der Waals surface area contributed by atoms with E-state index < -0.39 is 5.41 Å². The average molecular weight is 218 g/mol. The summed E-state index contributed by atoms with van der Waals surface area (Å²) in [5, 5.41) is 6.40. The van der Waals surface area contributed by atoms with Gasteiger partial charge in [0, 0.05) is 5.54 Å². The topological polar surface area (TPSA) is 41.1 Å². The molecule has 0 fully saturated rings. The maximum absolute atomic E-state index is 12.2.